The molecule has 2 aliphatic rings. The number of hydrogen-bond acceptors (Lipinski definition) is 2. The largest absolute Gasteiger partial charge is 0.481 e. The molecule has 2 rings (SSSR count). The molecule has 0 aromatic carbocycles. The molecule has 1 aliphatic carbocycles. The number of carboxylic acid groups (broad SMARTS) is 1. The van der Waals surface area contributed by atoms with Gasteiger partial charge in [-0.25, -0.2) is 0 Å². The van der Waals surface area contributed by atoms with Gasteiger partial charge >= 0.3 is 5.97 Å². The second kappa shape index (κ2) is 3.78. The number of aliphatic carboxylic acids is 1. The first-order valence-electron chi connectivity index (χ1n) is 6.00. The lowest BCUT2D eigenvalue weighted by Gasteiger charge is -2.36. The smallest absolute Gasteiger partial charge is 0.306 e. The van der Waals surface area contributed by atoms with Gasteiger partial charge in [-0.1, -0.05) is 0 Å². The minimum atomic E-state index is -0.602. The summed E-state index contributed by atoms with van der Waals surface area (Å²) in [5.41, 5.74) is 0.290. The molecule has 1 saturated heterocycles. The van der Waals surface area contributed by atoms with Gasteiger partial charge < -0.3 is 5.11 Å². The monoisotopic (exact) mass is 211 g/mol. The minimum absolute atomic E-state index is 0.0913. The van der Waals surface area contributed by atoms with Gasteiger partial charge in [-0.15, -0.1) is 0 Å². The fourth-order valence-corrected chi connectivity index (χ4v) is 3.27. The zero-order chi connectivity index (χ0) is 11.1. The molecule has 0 radical (unpaired) electrons. The first-order chi connectivity index (χ1) is 7.00. The van der Waals surface area contributed by atoms with Crippen LogP contribution in [-0.4, -0.2) is 34.1 Å². The molecule has 2 fully saturated rings. The van der Waals surface area contributed by atoms with Gasteiger partial charge in [0.05, 0.1) is 5.92 Å². The summed E-state index contributed by atoms with van der Waals surface area (Å²) in [5.74, 6) is -0.694. The van der Waals surface area contributed by atoms with Crippen molar-refractivity contribution in [3.63, 3.8) is 0 Å². The van der Waals surface area contributed by atoms with E-state index < -0.39 is 5.97 Å². The Morgan fingerprint density at radius 3 is 2.60 bits per heavy atom. The van der Waals surface area contributed by atoms with E-state index in [1.165, 1.54) is 12.8 Å². The summed E-state index contributed by atoms with van der Waals surface area (Å²) in [7, 11) is 0. The lowest BCUT2D eigenvalue weighted by atomic mass is 9.99. The Morgan fingerprint density at radius 1 is 1.40 bits per heavy atom. The average molecular weight is 211 g/mol. The molecule has 86 valence electrons. The Bertz CT molecular complexity index is 262. The van der Waals surface area contributed by atoms with E-state index in [4.69, 9.17) is 5.11 Å². The van der Waals surface area contributed by atoms with Gasteiger partial charge in [0, 0.05) is 11.6 Å². The third-order valence-corrected chi connectivity index (χ3v) is 4.16. The molecule has 0 amide bonds. The number of nitrogens with zero attached hydrogens (tertiary/aromatic N) is 1. The standard InChI is InChI=1S/C12H21NO2/c1-12(2)6-3-7-13(12)10-5-4-9(8-10)11(14)15/h9-10H,3-8H2,1-2H3,(H,14,15). The van der Waals surface area contributed by atoms with E-state index in [1.54, 1.807) is 0 Å². The predicted molar refractivity (Wildman–Crippen MR) is 58.8 cm³/mol. The van der Waals surface area contributed by atoms with Crippen molar-refractivity contribution in [1.82, 2.24) is 4.90 Å². The first kappa shape index (κ1) is 10.9. The molecule has 3 heteroatoms. The van der Waals surface area contributed by atoms with Crippen molar-refractivity contribution in [2.75, 3.05) is 6.54 Å². The maximum Gasteiger partial charge on any atom is 0.306 e. The maximum absolute atomic E-state index is 10.9. The SMILES string of the molecule is CC1(C)CCCN1C1CCC(C(=O)O)C1. The molecule has 1 N–H and O–H groups in total. The Balaban J connectivity index is 1.99. The molecule has 1 saturated carbocycles. The second-order valence-electron chi connectivity index (χ2n) is 5.61. The van der Waals surface area contributed by atoms with Crippen molar-refractivity contribution < 1.29 is 9.90 Å². The normalized spacial score (nSPS) is 35.9. The van der Waals surface area contributed by atoms with Gasteiger partial charge in [0.15, 0.2) is 0 Å². The number of rotatable bonds is 2. The highest BCUT2D eigenvalue weighted by atomic mass is 16.4. The van der Waals surface area contributed by atoms with Gasteiger partial charge in [0.2, 0.25) is 0 Å². The summed E-state index contributed by atoms with van der Waals surface area (Å²) in [4.78, 5) is 13.4. The molecule has 1 aliphatic heterocycles. The second-order valence-corrected chi connectivity index (χ2v) is 5.61. The molecule has 0 bridgehead atoms. The van der Waals surface area contributed by atoms with Crippen LogP contribution in [0.15, 0.2) is 0 Å². The minimum Gasteiger partial charge on any atom is -0.481 e. The topological polar surface area (TPSA) is 40.5 Å². The fourth-order valence-electron chi connectivity index (χ4n) is 3.27. The highest BCUT2D eigenvalue weighted by Crippen LogP contribution is 2.38. The van der Waals surface area contributed by atoms with Crippen LogP contribution in [0.3, 0.4) is 0 Å². The molecule has 3 nitrogen and oxygen atoms in total. The molecule has 15 heavy (non-hydrogen) atoms. The first-order valence-corrected chi connectivity index (χ1v) is 6.00. The van der Waals surface area contributed by atoms with Crippen molar-refractivity contribution in [1.29, 1.82) is 0 Å². The number of carboxylic acids is 1. The Morgan fingerprint density at radius 2 is 2.13 bits per heavy atom. The lowest BCUT2D eigenvalue weighted by molar-refractivity contribution is -0.141. The number of carbonyl (C=O) groups is 1. The highest BCUT2D eigenvalue weighted by Gasteiger charge is 2.41. The Labute approximate surface area is 91.5 Å². The summed E-state index contributed by atoms with van der Waals surface area (Å²) in [6, 6.07) is 0.517. The number of likely N-dealkylation sites (tertiary alicyclic amines) is 1. The van der Waals surface area contributed by atoms with Gasteiger partial charge in [-0.3, -0.25) is 9.69 Å². The average Bonchev–Trinajstić information content (AvgIpc) is 2.69. The molecular weight excluding hydrogens is 190 g/mol. The molecule has 2 atom stereocenters. The zero-order valence-electron chi connectivity index (χ0n) is 9.70. The third kappa shape index (κ3) is 2.03. The summed E-state index contributed by atoms with van der Waals surface area (Å²) in [6.07, 6.45) is 5.31. The molecule has 0 aromatic heterocycles. The van der Waals surface area contributed by atoms with E-state index >= 15 is 0 Å². The maximum atomic E-state index is 10.9. The van der Waals surface area contributed by atoms with E-state index in [9.17, 15) is 4.79 Å². The van der Waals surface area contributed by atoms with E-state index in [0.717, 1.165) is 25.8 Å². The lowest BCUT2D eigenvalue weighted by Crippen LogP contribution is -2.44. The summed E-state index contributed by atoms with van der Waals surface area (Å²) in [6.45, 7) is 5.73. The van der Waals surface area contributed by atoms with Crippen LogP contribution < -0.4 is 0 Å². The van der Waals surface area contributed by atoms with Gasteiger partial charge in [-0.05, 0) is 52.5 Å². The van der Waals surface area contributed by atoms with Crippen molar-refractivity contribution in [2.45, 2.75) is 57.5 Å². The van der Waals surface area contributed by atoms with Crippen LogP contribution in [0.4, 0.5) is 0 Å². The zero-order valence-corrected chi connectivity index (χ0v) is 9.70. The summed E-state index contributed by atoms with van der Waals surface area (Å²) < 4.78 is 0. The quantitative estimate of drug-likeness (QED) is 0.760. The molecule has 0 spiro atoms. The van der Waals surface area contributed by atoms with Gasteiger partial charge in [0.1, 0.15) is 0 Å². The molecular formula is C12H21NO2. The van der Waals surface area contributed by atoms with Crippen LogP contribution in [0.25, 0.3) is 0 Å². The predicted octanol–water partition coefficient (Wildman–Crippen LogP) is 2.11. The van der Waals surface area contributed by atoms with Crippen molar-refractivity contribution in [3.8, 4) is 0 Å². The van der Waals surface area contributed by atoms with Crippen molar-refractivity contribution in [2.24, 2.45) is 5.92 Å². The van der Waals surface area contributed by atoms with Crippen LogP contribution in [0, 0.1) is 5.92 Å². The van der Waals surface area contributed by atoms with Crippen LogP contribution in [-0.2, 0) is 4.79 Å². The van der Waals surface area contributed by atoms with E-state index in [1.807, 2.05) is 0 Å². The highest BCUT2D eigenvalue weighted by molar-refractivity contribution is 5.70. The number of hydrogen-bond donors (Lipinski definition) is 1. The molecule has 0 aromatic rings. The molecule has 2 unspecified atom stereocenters. The summed E-state index contributed by atoms with van der Waals surface area (Å²) in [5, 5.41) is 8.99. The Hall–Kier alpha value is -0.570. The van der Waals surface area contributed by atoms with E-state index in [0.29, 0.717) is 6.04 Å². The Kier molecular flexibility index (Phi) is 2.75. The molecule has 1 heterocycles. The van der Waals surface area contributed by atoms with E-state index in [2.05, 4.69) is 18.7 Å². The third-order valence-electron chi connectivity index (χ3n) is 4.16. The van der Waals surface area contributed by atoms with Crippen molar-refractivity contribution >= 4 is 5.97 Å². The van der Waals surface area contributed by atoms with Crippen LogP contribution in [0.5, 0.6) is 0 Å². The van der Waals surface area contributed by atoms with Gasteiger partial charge in [0.25, 0.3) is 0 Å². The van der Waals surface area contributed by atoms with Crippen molar-refractivity contribution in [3.05, 3.63) is 0 Å². The van der Waals surface area contributed by atoms with E-state index in [-0.39, 0.29) is 11.5 Å². The summed E-state index contributed by atoms with van der Waals surface area (Å²) >= 11 is 0. The van der Waals surface area contributed by atoms with Crippen LogP contribution in [0.1, 0.15) is 46.0 Å². The fraction of sp³-hybridized carbons (Fsp3) is 0.917. The van der Waals surface area contributed by atoms with Crippen LogP contribution in [0.2, 0.25) is 0 Å². The van der Waals surface area contributed by atoms with Gasteiger partial charge in [-0.2, -0.15) is 0 Å². The van der Waals surface area contributed by atoms with Crippen LogP contribution >= 0.6 is 0 Å².